The fourth-order valence-electron chi connectivity index (χ4n) is 1.41. The third-order valence-corrected chi connectivity index (χ3v) is 3.25. The van der Waals surface area contributed by atoms with Gasteiger partial charge >= 0.3 is 0 Å². The van der Waals surface area contributed by atoms with Crippen LogP contribution in [0.5, 0.6) is 0 Å². The predicted octanol–water partition coefficient (Wildman–Crippen LogP) is 3.32. The molecule has 0 amide bonds. The lowest BCUT2D eigenvalue weighted by molar-refractivity contribution is 0.195. The van der Waals surface area contributed by atoms with Gasteiger partial charge in [0.15, 0.2) is 0 Å². The van der Waals surface area contributed by atoms with Crippen molar-refractivity contribution in [2.24, 2.45) is 0 Å². The molecular formula is C12H16BrClFNO. The zero-order chi connectivity index (χ0) is 12.7. The van der Waals surface area contributed by atoms with Gasteiger partial charge in [-0.3, -0.25) is 0 Å². The SMILES string of the molecule is COCC(Cl)CCNCc1ccc(F)c(Br)c1. The maximum Gasteiger partial charge on any atom is 0.137 e. The van der Waals surface area contributed by atoms with Gasteiger partial charge < -0.3 is 10.1 Å². The molecule has 1 rings (SSSR count). The highest BCUT2D eigenvalue weighted by Crippen LogP contribution is 2.16. The summed E-state index contributed by atoms with van der Waals surface area (Å²) in [6.45, 7) is 2.08. The lowest BCUT2D eigenvalue weighted by Crippen LogP contribution is -2.20. The van der Waals surface area contributed by atoms with Crippen LogP contribution >= 0.6 is 27.5 Å². The first-order chi connectivity index (χ1) is 8.13. The molecule has 96 valence electrons. The number of ether oxygens (including phenoxy) is 1. The highest BCUT2D eigenvalue weighted by atomic mass is 79.9. The van der Waals surface area contributed by atoms with Crippen LogP contribution in [0.25, 0.3) is 0 Å². The lowest BCUT2D eigenvalue weighted by Gasteiger charge is -2.09. The minimum absolute atomic E-state index is 0.0347. The van der Waals surface area contributed by atoms with Crippen molar-refractivity contribution in [3.8, 4) is 0 Å². The smallest absolute Gasteiger partial charge is 0.137 e. The fraction of sp³-hybridized carbons (Fsp3) is 0.500. The van der Waals surface area contributed by atoms with Gasteiger partial charge in [0, 0.05) is 13.7 Å². The van der Waals surface area contributed by atoms with E-state index in [1.54, 1.807) is 19.2 Å². The Morgan fingerprint density at radius 3 is 2.94 bits per heavy atom. The molecule has 0 aliphatic heterocycles. The third-order valence-electron chi connectivity index (χ3n) is 2.29. The number of rotatable bonds is 7. The van der Waals surface area contributed by atoms with E-state index in [-0.39, 0.29) is 11.2 Å². The van der Waals surface area contributed by atoms with Crippen molar-refractivity contribution in [1.29, 1.82) is 0 Å². The monoisotopic (exact) mass is 323 g/mol. The molecule has 0 spiro atoms. The van der Waals surface area contributed by atoms with Gasteiger partial charge in [-0.15, -0.1) is 11.6 Å². The topological polar surface area (TPSA) is 21.3 Å². The first kappa shape index (κ1) is 14.9. The second-order valence-electron chi connectivity index (χ2n) is 3.77. The molecule has 1 aromatic carbocycles. The normalized spacial score (nSPS) is 12.7. The summed E-state index contributed by atoms with van der Waals surface area (Å²) in [6, 6.07) is 4.99. The molecule has 0 bridgehead atoms. The molecule has 0 aliphatic carbocycles. The molecule has 1 atom stereocenters. The Hall–Kier alpha value is -0.160. The quantitative estimate of drug-likeness (QED) is 0.614. The Labute approximate surface area is 115 Å². The van der Waals surface area contributed by atoms with Crippen LogP contribution in [0.2, 0.25) is 0 Å². The molecule has 5 heteroatoms. The first-order valence-corrected chi connectivity index (χ1v) is 6.64. The number of halogens is 3. The summed E-state index contributed by atoms with van der Waals surface area (Å²) in [4.78, 5) is 0. The van der Waals surface area contributed by atoms with Crippen LogP contribution in [0, 0.1) is 5.82 Å². The molecule has 0 saturated carbocycles. The number of methoxy groups -OCH3 is 1. The third kappa shape index (κ3) is 5.82. The van der Waals surface area contributed by atoms with Gasteiger partial charge in [0.1, 0.15) is 5.82 Å². The van der Waals surface area contributed by atoms with E-state index in [0.29, 0.717) is 17.6 Å². The number of nitrogens with one attached hydrogen (secondary N) is 1. The van der Waals surface area contributed by atoms with Crippen LogP contribution in [0.1, 0.15) is 12.0 Å². The summed E-state index contributed by atoms with van der Waals surface area (Å²) >= 11 is 9.14. The van der Waals surface area contributed by atoms with Crippen molar-refractivity contribution in [1.82, 2.24) is 5.32 Å². The van der Waals surface area contributed by atoms with E-state index in [4.69, 9.17) is 16.3 Å². The number of alkyl halides is 1. The van der Waals surface area contributed by atoms with Crippen molar-refractivity contribution < 1.29 is 9.13 Å². The standard InChI is InChI=1S/C12H16BrClFNO/c1-17-8-10(14)4-5-16-7-9-2-3-12(15)11(13)6-9/h2-3,6,10,16H,4-5,7-8H2,1H3. The summed E-state index contributed by atoms with van der Waals surface area (Å²) < 4.78 is 18.4. The van der Waals surface area contributed by atoms with Crippen molar-refractivity contribution in [2.45, 2.75) is 18.3 Å². The van der Waals surface area contributed by atoms with Crippen LogP contribution in [-0.4, -0.2) is 25.6 Å². The molecule has 0 aliphatic rings. The highest BCUT2D eigenvalue weighted by Gasteiger charge is 2.03. The van der Waals surface area contributed by atoms with E-state index in [1.165, 1.54) is 6.07 Å². The highest BCUT2D eigenvalue weighted by molar-refractivity contribution is 9.10. The Morgan fingerprint density at radius 1 is 1.53 bits per heavy atom. The van der Waals surface area contributed by atoms with Crippen molar-refractivity contribution in [3.63, 3.8) is 0 Å². The van der Waals surface area contributed by atoms with Gasteiger partial charge in [-0.05, 0) is 46.6 Å². The van der Waals surface area contributed by atoms with Crippen molar-refractivity contribution in [2.75, 3.05) is 20.3 Å². The maximum atomic E-state index is 13.0. The van der Waals surface area contributed by atoms with Crippen LogP contribution in [0.4, 0.5) is 4.39 Å². The zero-order valence-electron chi connectivity index (χ0n) is 9.68. The molecule has 1 aromatic rings. The van der Waals surface area contributed by atoms with E-state index in [1.807, 2.05) is 0 Å². The average molecular weight is 325 g/mol. The number of hydrogen-bond acceptors (Lipinski definition) is 2. The van der Waals surface area contributed by atoms with Gasteiger partial charge in [0.25, 0.3) is 0 Å². The Bertz CT molecular complexity index is 351. The summed E-state index contributed by atoms with van der Waals surface area (Å²) in [6.07, 6.45) is 0.845. The second-order valence-corrected chi connectivity index (χ2v) is 5.24. The van der Waals surface area contributed by atoms with E-state index in [0.717, 1.165) is 18.5 Å². The van der Waals surface area contributed by atoms with Gasteiger partial charge in [0.2, 0.25) is 0 Å². The Morgan fingerprint density at radius 2 is 2.29 bits per heavy atom. The largest absolute Gasteiger partial charge is 0.383 e. The van der Waals surface area contributed by atoms with Crippen LogP contribution in [0.15, 0.2) is 22.7 Å². The lowest BCUT2D eigenvalue weighted by atomic mass is 10.2. The average Bonchev–Trinajstić information content (AvgIpc) is 2.29. The Balaban J connectivity index is 2.24. The zero-order valence-corrected chi connectivity index (χ0v) is 12.0. The van der Waals surface area contributed by atoms with Gasteiger partial charge in [0.05, 0.1) is 16.5 Å². The summed E-state index contributed by atoms with van der Waals surface area (Å²) in [5, 5.41) is 3.29. The molecular weight excluding hydrogens is 308 g/mol. The van der Waals surface area contributed by atoms with E-state index in [2.05, 4.69) is 21.2 Å². The molecule has 17 heavy (non-hydrogen) atoms. The molecule has 0 aromatic heterocycles. The number of hydrogen-bond donors (Lipinski definition) is 1. The predicted molar refractivity (Wildman–Crippen MR) is 71.9 cm³/mol. The molecule has 0 radical (unpaired) electrons. The van der Waals surface area contributed by atoms with E-state index in [9.17, 15) is 4.39 Å². The molecule has 2 nitrogen and oxygen atoms in total. The number of benzene rings is 1. The van der Waals surface area contributed by atoms with Crippen molar-refractivity contribution in [3.05, 3.63) is 34.1 Å². The summed E-state index contributed by atoms with van der Waals surface area (Å²) in [7, 11) is 1.64. The van der Waals surface area contributed by atoms with Crippen LogP contribution in [0.3, 0.4) is 0 Å². The van der Waals surface area contributed by atoms with Gasteiger partial charge in [-0.1, -0.05) is 6.07 Å². The van der Waals surface area contributed by atoms with Crippen LogP contribution < -0.4 is 5.32 Å². The first-order valence-electron chi connectivity index (χ1n) is 5.41. The molecule has 1 unspecified atom stereocenters. The minimum atomic E-state index is -0.241. The minimum Gasteiger partial charge on any atom is -0.383 e. The van der Waals surface area contributed by atoms with Gasteiger partial charge in [-0.2, -0.15) is 0 Å². The Kier molecular flexibility index (Phi) is 7.04. The molecule has 0 saturated heterocycles. The fourth-order valence-corrected chi connectivity index (χ4v) is 2.07. The van der Waals surface area contributed by atoms with E-state index < -0.39 is 0 Å². The van der Waals surface area contributed by atoms with E-state index >= 15 is 0 Å². The van der Waals surface area contributed by atoms with Crippen LogP contribution in [-0.2, 0) is 11.3 Å². The second kappa shape index (κ2) is 8.03. The molecule has 0 fully saturated rings. The summed E-state index contributed by atoms with van der Waals surface area (Å²) in [5.74, 6) is -0.241. The van der Waals surface area contributed by atoms with Gasteiger partial charge in [-0.25, -0.2) is 4.39 Å². The molecule has 1 N–H and O–H groups in total. The summed E-state index contributed by atoms with van der Waals surface area (Å²) in [5.41, 5.74) is 1.04. The molecule has 0 heterocycles. The van der Waals surface area contributed by atoms with Crippen molar-refractivity contribution >= 4 is 27.5 Å². The maximum absolute atomic E-state index is 13.0.